The second-order valence-corrected chi connectivity index (χ2v) is 1.35. The fourth-order valence-electron chi connectivity index (χ4n) is 0.354. The zero-order chi connectivity index (χ0) is 4.12. The maximum Gasteiger partial charge on any atom is -0.0538 e. The molecule has 0 saturated carbocycles. The Balaban J connectivity index is -0.0000000267. The van der Waals surface area contributed by atoms with E-state index in [-0.39, 0.29) is 34.7 Å². The van der Waals surface area contributed by atoms with Gasteiger partial charge in [-0.15, -0.1) is 24.8 Å². The molecule has 0 radical (unpaired) electrons. The lowest BCUT2D eigenvalue weighted by Crippen LogP contribution is -1.59. The molecule has 0 fully saturated rings. The van der Waals surface area contributed by atoms with Crippen LogP contribution in [0.4, 0.5) is 0 Å². The van der Waals surface area contributed by atoms with Crippen LogP contribution >= 0.6 is 34.7 Å². The van der Waals surface area contributed by atoms with E-state index in [0.717, 1.165) is 0 Å². The second kappa shape index (κ2) is 24.5. The van der Waals surface area contributed by atoms with E-state index >= 15 is 0 Å². The van der Waals surface area contributed by atoms with Gasteiger partial charge in [-0.3, -0.25) is 0 Å². The van der Waals surface area contributed by atoms with Crippen molar-refractivity contribution in [1.82, 2.24) is 0 Å². The van der Waals surface area contributed by atoms with Crippen LogP contribution in [0.5, 0.6) is 0 Å². The summed E-state index contributed by atoms with van der Waals surface area (Å²) in [5.41, 5.74) is 0. The molecule has 0 aromatic heterocycles. The summed E-state index contributed by atoms with van der Waals surface area (Å²) in [5.74, 6) is 0. The van der Waals surface area contributed by atoms with E-state index < -0.39 is 0 Å². The quantitative estimate of drug-likeness (QED) is 0.571. The third-order valence-electron chi connectivity index (χ3n) is 0.707. The van der Waals surface area contributed by atoms with E-state index in [9.17, 15) is 0 Å². The van der Waals surface area contributed by atoms with Crippen molar-refractivity contribution in [3.8, 4) is 0 Å². The first-order chi connectivity index (χ1) is 2.41. The Labute approximate surface area is 68.3 Å². The van der Waals surface area contributed by atoms with Crippen molar-refractivity contribution in [2.75, 3.05) is 0 Å². The molecule has 1 atom stereocenters. The van der Waals surface area contributed by atoms with Crippen LogP contribution in [0.15, 0.2) is 0 Å². The van der Waals surface area contributed by atoms with Crippen LogP contribution in [0, 0.1) is 0 Å². The molecule has 0 nitrogen and oxygen atoms in total. The van der Waals surface area contributed by atoms with Crippen LogP contribution in [0.2, 0.25) is 0 Å². The molecule has 0 saturated heterocycles. The summed E-state index contributed by atoms with van der Waals surface area (Å²) in [4.78, 5) is 0. The topological polar surface area (TPSA) is 0 Å². The molecule has 56 valence electrons. The number of rotatable bonds is 2. The molecule has 8 heavy (non-hydrogen) atoms. The number of halogens is 2. The van der Waals surface area contributed by atoms with Crippen LogP contribution in [0.1, 0.15) is 33.1 Å². The van der Waals surface area contributed by atoms with Crippen LogP contribution in [0.3, 0.4) is 0 Å². The van der Waals surface area contributed by atoms with Crippen molar-refractivity contribution in [1.29, 1.82) is 0 Å². The molecule has 0 aromatic rings. The summed E-state index contributed by atoms with van der Waals surface area (Å²) in [5, 5.41) is 0. The Morgan fingerprint density at radius 1 is 0.875 bits per heavy atom. The Bertz CT molecular complexity index is 17.9. The third kappa shape index (κ3) is 27.9. The molecule has 0 N–H and O–H groups in total. The lowest BCUT2D eigenvalue weighted by atomic mass is 10.3. The fraction of sp³-hybridized carbons (Fsp3) is 1.00. The molecular formula is C5H17Cl2P. The largest absolute Gasteiger partial charge is 0.153 e. The summed E-state index contributed by atoms with van der Waals surface area (Å²) in [6.45, 7) is 4.42. The molecule has 0 heterocycles. The third-order valence-corrected chi connectivity index (χ3v) is 0.707. The number of hydrogen-bond donors (Lipinski definition) is 0. The van der Waals surface area contributed by atoms with E-state index in [2.05, 4.69) is 13.8 Å². The Morgan fingerprint density at radius 3 is 1.12 bits per heavy atom. The maximum atomic E-state index is 2.21. The summed E-state index contributed by atoms with van der Waals surface area (Å²) in [6.07, 6.45) is 4.08. The van der Waals surface area contributed by atoms with Gasteiger partial charge in [-0.25, -0.2) is 0 Å². The molecular weight excluding hydrogens is 162 g/mol. The SMILES string of the molecule is CCCCC.Cl.Cl.P. The number of hydrogen-bond acceptors (Lipinski definition) is 0. The molecule has 1 unspecified atom stereocenters. The summed E-state index contributed by atoms with van der Waals surface area (Å²) >= 11 is 0. The van der Waals surface area contributed by atoms with E-state index in [4.69, 9.17) is 0 Å². The summed E-state index contributed by atoms with van der Waals surface area (Å²) in [6, 6.07) is 0. The molecule has 0 aliphatic heterocycles. The summed E-state index contributed by atoms with van der Waals surface area (Å²) < 4.78 is 0. The van der Waals surface area contributed by atoms with E-state index in [1.54, 1.807) is 0 Å². The van der Waals surface area contributed by atoms with Gasteiger partial charge in [0.05, 0.1) is 0 Å². The minimum atomic E-state index is 0. The molecule has 0 amide bonds. The van der Waals surface area contributed by atoms with Crippen LogP contribution in [-0.4, -0.2) is 0 Å². The molecule has 0 rings (SSSR count). The highest BCUT2D eigenvalue weighted by atomic mass is 35.5. The standard InChI is InChI=1S/C5H12.2ClH.H3P/c1-3-5-4-2;;;/h3-5H2,1-2H3;2*1H;1H3. The van der Waals surface area contributed by atoms with Crippen molar-refractivity contribution in [2.45, 2.75) is 33.1 Å². The Kier molecular flexibility index (Phi) is 70.5. The monoisotopic (exact) mass is 178 g/mol. The van der Waals surface area contributed by atoms with Gasteiger partial charge in [-0.2, -0.15) is 9.90 Å². The van der Waals surface area contributed by atoms with Gasteiger partial charge in [0.1, 0.15) is 0 Å². The highest BCUT2D eigenvalue weighted by Crippen LogP contribution is 1.88. The highest BCUT2D eigenvalue weighted by Gasteiger charge is 1.68. The van der Waals surface area contributed by atoms with Gasteiger partial charge >= 0.3 is 0 Å². The summed E-state index contributed by atoms with van der Waals surface area (Å²) in [7, 11) is 0. The predicted octanol–water partition coefficient (Wildman–Crippen LogP) is 3.10. The molecule has 3 heteroatoms. The number of unbranched alkanes of at least 4 members (excludes halogenated alkanes) is 2. The van der Waals surface area contributed by atoms with Crippen LogP contribution in [-0.2, 0) is 0 Å². The van der Waals surface area contributed by atoms with Crippen molar-refractivity contribution in [3.05, 3.63) is 0 Å². The molecule has 0 bridgehead atoms. The zero-order valence-electron chi connectivity index (χ0n) is 5.64. The first kappa shape index (κ1) is 23.0. The molecule has 0 aliphatic rings. The first-order valence-electron chi connectivity index (χ1n) is 2.41. The van der Waals surface area contributed by atoms with Gasteiger partial charge < -0.3 is 0 Å². The van der Waals surface area contributed by atoms with Gasteiger partial charge in [0.15, 0.2) is 0 Å². The predicted molar refractivity (Wildman–Crippen MR) is 50.8 cm³/mol. The minimum Gasteiger partial charge on any atom is -0.153 e. The van der Waals surface area contributed by atoms with Crippen molar-refractivity contribution in [3.63, 3.8) is 0 Å². The molecule has 0 aliphatic carbocycles. The average Bonchev–Trinajstić information content (AvgIpc) is 1.41. The average molecular weight is 179 g/mol. The highest BCUT2D eigenvalue weighted by molar-refractivity contribution is 6.92. The van der Waals surface area contributed by atoms with Crippen molar-refractivity contribution >= 4 is 34.7 Å². The van der Waals surface area contributed by atoms with Gasteiger partial charge in [-0.1, -0.05) is 33.1 Å². The normalized spacial score (nSPS) is 5.25. The van der Waals surface area contributed by atoms with E-state index in [0.29, 0.717) is 0 Å². The fourth-order valence-corrected chi connectivity index (χ4v) is 0.354. The smallest absolute Gasteiger partial charge is 0.0538 e. The van der Waals surface area contributed by atoms with Gasteiger partial charge in [0.2, 0.25) is 0 Å². The Hall–Kier alpha value is 1.01. The van der Waals surface area contributed by atoms with E-state index in [1.807, 2.05) is 0 Å². The van der Waals surface area contributed by atoms with E-state index in [1.165, 1.54) is 19.3 Å². The van der Waals surface area contributed by atoms with Crippen LogP contribution in [0.25, 0.3) is 0 Å². The molecule has 0 aromatic carbocycles. The Morgan fingerprint density at radius 2 is 1.12 bits per heavy atom. The maximum absolute atomic E-state index is 2.21. The van der Waals surface area contributed by atoms with Crippen molar-refractivity contribution < 1.29 is 0 Å². The van der Waals surface area contributed by atoms with Gasteiger partial charge in [0, 0.05) is 0 Å². The van der Waals surface area contributed by atoms with Gasteiger partial charge in [-0.05, 0) is 0 Å². The zero-order valence-corrected chi connectivity index (χ0v) is 8.69. The minimum absolute atomic E-state index is 0. The van der Waals surface area contributed by atoms with Crippen LogP contribution < -0.4 is 0 Å². The molecule has 0 spiro atoms. The first-order valence-corrected chi connectivity index (χ1v) is 2.41. The van der Waals surface area contributed by atoms with Gasteiger partial charge in [0.25, 0.3) is 0 Å². The lowest BCUT2D eigenvalue weighted by Gasteiger charge is -1.79. The lowest BCUT2D eigenvalue weighted by molar-refractivity contribution is 0.772. The second-order valence-electron chi connectivity index (χ2n) is 1.35. The van der Waals surface area contributed by atoms with Crippen molar-refractivity contribution in [2.24, 2.45) is 0 Å².